The van der Waals surface area contributed by atoms with Crippen LogP contribution in [0, 0.1) is 0 Å². The quantitative estimate of drug-likeness (QED) is 0.637. The van der Waals surface area contributed by atoms with Gasteiger partial charge in [-0.3, -0.25) is 0 Å². The third-order valence-electron chi connectivity index (χ3n) is 2.36. The number of ether oxygens (including phenoxy) is 1. The van der Waals surface area contributed by atoms with Crippen molar-refractivity contribution in [2.24, 2.45) is 0 Å². The van der Waals surface area contributed by atoms with Crippen LogP contribution in [0.1, 0.15) is 13.3 Å². The van der Waals surface area contributed by atoms with Gasteiger partial charge in [0.25, 0.3) is 0 Å². The molecule has 2 atom stereocenters. The Morgan fingerprint density at radius 1 is 1.39 bits per heavy atom. The maximum absolute atomic E-state index is 9.68. The molecule has 3 N–H and O–H groups in total. The molecule has 0 saturated heterocycles. The lowest BCUT2D eigenvalue weighted by molar-refractivity contribution is 0.104. The molecule has 18 heavy (non-hydrogen) atoms. The van der Waals surface area contributed by atoms with Crippen LogP contribution in [0.2, 0.25) is 0 Å². The summed E-state index contributed by atoms with van der Waals surface area (Å²) >= 11 is 3.36. The average molecular weight is 318 g/mol. The van der Waals surface area contributed by atoms with E-state index in [-0.39, 0.29) is 12.7 Å². The summed E-state index contributed by atoms with van der Waals surface area (Å²) in [6.45, 7) is 3.14. The number of rotatable bonds is 8. The zero-order chi connectivity index (χ0) is 13.4. The maximum atomic E-state index is 9.68. The van der Waals surface area contributed by atoms with E-state index in [1.54, 1.807) is 6.92 Å². The highest BCUT2D eigenvalue weighted by atomic mass is 79.9. The second-order valence-corrected chi connectivity index (χ2v) is 5.18. The lowest BCUT2D eigenvalue weighted by atomic mass is 10.3. The van der Waals surface area contributed by atoms with Gasteiger partial charge in [-0.1, -0.05) is 22.0 Å². The largest absolute Gasteiger partial charge is 0.491 e. The van der Waals surface area contributed by atoms with Gasteiger partial charge in [-0.2, -0.15) is 0 Å². The monoisotopic (exact) mass is 317 g/mol. The first-order chi connectivity index (χ1) is 8.58. The fourth-order valence-corrected chi connectivity index (χ4v) is 1.77. The van der Waals surface area contributed by atoms with Crippen molar-refractivity contribution in [1.82, 2.24) is 5.32 Å². The topological polar surface area (TPSA) is 61.7 Å². The molecule has 102 valence electrons. The van der Waals surface area contributed by atoms with E-state index < -0.39 is 6.10 Å². The zero-order valence-electron chi connectivity index (χ0n) is 10.5. The van der Waals surface area contributed by atoms with Gasteiger partial charge in [0.05, 0.1) is 6.10 Å². The van der Waals surface area contributed by atoms with Gasteiger partial charge < -0.3 is 20.3 Å². The smallest absolute Gasteiger partial charge is 0.120 e. The molecule has 0 aliphatic heterocycles. The highest BCUT2D eigenvalue weighted by molar-refractivity contribution is 9.10. The molecule has 0 amide bonds. The third kappa shape index (κ3) is 6.96. The number of hydrogen-bond acceptors (Lipinski definition) is 4. The summed E-state index contributed by atoms with van der Waals surface area (Å²) in [5.41, 5.74) is 0. The summed E-state index contributed by atoms with van der Waals surface area (Å²) in [4.78, 5) is 0. The van der Waals surface area contributed by atoms with Crippen LogP contribution in [0.25, 0.3) is 0 Å². The molecule has 0 heterocycles. The minimum Gasteiger partial charge on any atom is -0.491 e. The van der Waals surface area contributed by atoms with Gasteiger partial charge in [0.1, 0.15) is 18.5 Å². The molecule has 4 nitrogen and oxygen atoms in total. The highest BCUT2D eigenvalue weighted by Gasteiger charge is 2.05. The molecule has 2 unspecified atom stereocenters. The van der Waals surface area contributed by atoms with Crippen LogP contribution in [-0.4, -0.2) is 42.1 Å². The first-order valence-electron chi connectivity index (χ1n) is 6.03. The molecular weight excluding hydrogens is 298 g/mol. The third-order valence-corrected chi connectivity index (χ3v) is 2.85. The zero-order valence-corrected chi connectivity index (χ0v) is 12.1. The standard InChI is InChI=1S/C13H20BrNO3/c1-10(16)5-6-15-8-12(17)9-18-13-4-2-3-11(14)7-13/h2-4,7,10,12,15-17H,5-6,8-9H2,1H3. The number of benzene rings is 1. The van der Waals surface area contributed by atoms with Crippen molar-refractivity contribution in [2.75, 3.05) is 19.7 Å². The van der Waals surface area contributed by atoms with E-state index in [0.29, 0.717) is 19.5 Å². The van der Waals surface area contributed by atoms with Gasteiger partial charge in [-0.25, -0.2) is 0 Å². The lowest BCUT2D eigenvalue weighted by Crippen LogP contribution is -2.32. The van der Waals surface area contributed by atoms with Crippen molar-refractivity contribution in [2.45, 2.75) is 25.6 Å². The van der Waals surface area contributed by atoms with E-state index >= 15 is 0 Å². The van der Waals surface area contributed by atoms with Gasteiger partial charge in [0.15, 0.2) is 0 Å². The minimum atomic E-state index is -0.557. The SMILES string of the molecule is CC(O)CCNCC(O)COc1cccc(Br)c1. The first kappa shape index (κ1) is 15.4. The predicted molar refractivity (Wildman–Crippen MR) is 74.8 cm³/mol. The summed E-state index contributed by atoms with van der Waals surface area (Å²) in [5.74, 6) is 0.729. The van der Waals surface area contributed by atoms with Crippen molar-refractivity contribution in [3.8, 4) is 5.75 Å². The summed E-state index contributed by atoms with van der Waals surface area (Å²) in [6.07, 6.45) is -0.190. The summed E-state index contributed by atoms with van der Waals surface area (Å²) in [7, 11) is 0. The van der Waals surface area contributed by atoms with Crippen LogP contribution in [-0.2, 0) is 0 Å². The van der Waals surface area contributed by atoms with Crippen molar-refractivity contribution < 1.29 is 14.9 Å². The lowest BCUT2D eigenvalue weighted by Gasteiger charge is -2.13. The molecule has 1 rings (SSSR count). The van der Waals surface area contributed by atoms with Crippen LogP contribution < -0.4 is 10.1 Å². The van der Waals surface area contributed by atoms with Gasteiger partial charge in [-0.15, -0.1) is 0 Å². The van der Waals surface area contributed by atoms with Crippen molar-refractivity contribution in [3.05, 3.63) is 28.7 Å². The first-order valence-corrected chi connectivity index (χ1v) is 6.82. The van der Waals surface area contributed by atoms with Gasteiger partial charge >= 0.3 is 0 Å². The Labute approximate surface area is 116 Å². The highest BCUT2D eigenvalue weighted by Crippen LogP contribution is 2.17. The van der Waals surface area contributed by atoms with Gasteiger partial charge in [-0.05, 0) is 38.1 Å². The summed E-state index contributed by atoms with van der Waals surface area (Å²) < 4.78 is 6.41. The Morgan fingerprint density at radius 3 is 2.83 bits per heavy atom. The van der Waals surface area contributed by atoms with Crippen molar-refractivity contribution >= 4 is 15.9 Å². The predicted octanol–water partition coefficient (Wildman–Crippen LogP) is 1.55. The summed E-state index contributed by atoms with van der Waals surface area (Å²) in [6, 6.07) is 7.50. The fraction of sp³-hybridized carbons (Fsp3) is 0.538. The Hall–Kier alpha value is -0.620. The van der Waals surface area contributed by atoms with E-state index in [0.717, 1.165) is 10.2 Å². The molecule has 0 fully saturated rings. The van der Waals surface area contributed by atoms with Crippen molar-refractivity contribution in [3.63, 3.8) is 0 Å². The van der Waals surface area contributed by atoms with Crippen LogP contribution in [0.4, 0.5) is 0 Å². The molecule has 1 aromatic carbocycles. The van der Waals surface area contributed by atoms with Crippen LogP contribution in [0.3, 0.4) is 0 Å². The number of halogens is 1. The summed E-state index contributed by atoms with van der Waals surface area (Å²) in [5, 5.41) is 21.8. The molecule has 0 aromatic heterocycles. The van der Waals surface area contributed by atoms with Crippen molar-refractivity contribution in [1.29, 1.82) is 0 Å². The number of nitrogens with one attached hydrogen (secondary N) is 1. The van der Waals surface area contributed by atoms with E-state index in [2.05, 4.69) is 21.2 Å². The minimum absolute atomic E-state index is 0.248. The number of hydrogen-bond donors (Lipinski definition) is 3. The molecule has 1 aromatic rings. The Kier molecular flexibility index (Phi) is 7.27. The van der Waals surface area contributed by atoms with E-state index in [9.17, 15) is 5.11 Å². The van der Waals surface area contributed by atoms with Gasteiger partial charge in [0, 0.05) is 11.0 Å². The number of aliphatic hydroxyl groups is 2. The van der Waals surface area contributed by atoms with Crippen LogP contribution >= 0.6 is 15.9 Å². The molecule has 0 spiro atoms. The molecule has 0 bridgehead atoms. The van der Waals surface area contributed by atoms with E-state index in [4.69, 9.17) is 9.84 Å². The maximum Gasteiger partial charge on any atom is 0.120 e. The van der Waals surface area contributed by atoms with Gasteiger partial charge in [0.2, 0.25) is 0 Å². The molecule has 5 heteroatoms. The molecule has 0 aliphatic carbocycles. The van der Waals surface area contributed by atoms with Crippen LogP contribution in [0.5, 0.6) is 5.75 Å². The molecule has 0 saturated carbocycles. The Bertz CT molecular complexity index is 347. The van der Waals surface area contributed by atoms with E-state index in [1.807, 2.05) is 24.3 Å². The number of aliphatic hydroxyl groups excluding tert-OH is 2. The second kappa shape index (κ2) is 8.48. The molecule has 0 aliphatic rings. The molecular formula is C13H20BrNO3. The Morgan fingerprint density at radius 2 is 2.17 bits per heavy atom. The Balaban J connectivity index is 2.15. The molecule has 0 radical (unpaired) electrons. The second-order valence-electron chi connectivity index (χ2n) is 4.26. The normalized spacial score (nSPS) is 14.2. The average Bonchev–Trinajstić information content (AvgIpc) is 2.32. The fourth-order valence-electron chi connectivity index (χ4n) is 1.39. The van der Waals surface area contributed by atoms with E-state index in [1.165, 1.54) is 0 Å². The van der Waals surface area contributed by atoms with Crippen LogP contribution in [0.15, 0.2) is 28.7 Å².